The highest BCUT2D eigenvalue weighted by molar-refractivity contribution is 7.78. The van der Waals surface area contributed by atoms with Crippen molar-refractivity contribution in [3.05, 3.63) is 32.4 Å². The van der Waals surface area contributed by atoms with Crippen LogP contribution in [0.15, 0.2) is 12.1 Å². The smallest absolute Gasteiger partial charge is 0.258 e. The topological polar surface area (TPSA) is 86.3 Å². The van der Waals surface area contributed by atoms with Gasteiger partial charge in [-0.05, 0) is 6.07 Å². The first-order valence-electron chi connectivity index (χ1n) is 3.41. The normalized spacial score (nSPS) is 10.6. The van der Waals surface area contributed by atoms with E-state index in [1.165, 1.54) is 32.8 Å². The second-order valence-electron chi connectivity index (χ2n) is 2.44. The van der Waals surface area contributed by atoms with Crippen LogP contribution < -0.4 is 0 Å². The maximum Gasteiger partial charge on any atom is 0.365 e. The number of nitro groups is 2. The molecule has 0 bridgehead atoms. The first-order chi connectivity index (χ1) is 6.61. The third kappa shape index (κ3) is 1.16. The number of fused-ring (bicyclic) bond motifs is 1. The van der Waals surface area contributed by atoms with Gasteiger partial charge in [0.25, 0.3) is 0 Å². The van der Waals surface area contributed by atoms with Gasteiger partial charge in [-0.1, -0.05) is 20.7 Å². The number of nitro benzene ring substituents is 2. The maximum atomic E-state index is 10.6. The van der Waals surface area contributed by atoms with Crippen LogP contribution in [0.2, 0.25) is 0 Å². The molecule has 2 rings (SSSR count). The van der Waals surface area contributed by atoms with Gasteiger partial charge >= 0.3 is 11.4 Å². The van der Waals surface area contributed by atoms with Crippen molar-refractivity contribution < 1.29 is 9.85 Å². The van der Waals surface area contributed by atoms with E-state index in [9.17, 15) is 20.2 Å². The van der Waals surface area contributed by atoms with Crippen LogP contribution in [0.5, 0.6) is 0 Å². The number of nitrogens with zero attached hydrogens (tertiary/aromatic N) is 2. The molecule has 0 radical (unpaired) electrons. The molecule has 0 aliphatic rings. The van der Waals surface area contributed by atoms with E-state index < -0.39 is 21.2 Å². The molecule has 0 N–H and O–H groups in total. The Morgan fingerprint density at radius 2 is 1.79 bits per heavy atom. The SMILES string of the molecule is O=[N+]([O-])c1ccc2ssc2c1[N+](=O)[O-]. The first kappa shape index (κ1) is 9.03. The van der Waals surface area contributed by atoms with Crippen LogP contribution in [0.1, 0.15) is 0 Å². The zero-order valence-electron chi connectivity index (χ0n) is 6.50. The van der Waals surface area contributed by atoms with Crippen LogP contribution in [0.4, 0.5) is 11.4 Å². The molecule has 0 unspecified atom stereocenters. The minimum atomic E-state index is -0.734. The van der Waals surface area contributed by atoms with Crippen molar-refractivity contribution in [3.8, 4) is 0 Å². The molecule has 14 heavy (non-hydrogen) atoms. The standard InChI is InChI=1S/C6H2N2O4S2/c9-7(10)3-1-2-4-6(14-13-4)5(3)8(11)12/h1-2H. The van der Waals surface area contributed by atoms with Crippen molar-refractivity contribution in [3.63, 3.8) is 0 Å². The van der Waals surface area contributed by atoms with Crippen LogP contribution in [-0.2, 0) is 0 Å². The lowest BCUT2D eigenvalue weighted by molar-refractivity contribution is -0.421. The zero-order valence-corrected chi connectivity index (χ0v) is 8.13. The number of hydrogen-bond acceptors (Lipinski definition) is 6. The summed E-state index contributed by atoms with van der Waals surface area (Å²) in [5.74, 6) is 0. The molecular formula is C6H2N2O4S2. The predicted octanol–water partition coefficient (Wildman–Crippen LogP) is 2.78. The van der Waals surface area contributed by atoms with E-state index in [1.54, 1.807) is 0 Å². The highest BCUT2D eigenvalue weighted by atomic mass is 32.9. The molecular weight excluding hydrogens is 228 g/mol. The largest absolute Gasteiger partial charge is 0.365 e. The van der Waals surface area contributed by atoms with Gasteiger partial charge in [0.1, 0.15) is 4.70 Å². The molecule has 1 heterocycles. The van der Waals surface area contributed by atoms with Crippen molar-refractivity contribution in [2.45, 2.75) is 0 Å². The van der Waals surface area contributed by atoms with E-state index in [-0.39, 0.29) is 0 Å². The predicted molar refractivity (Wildman–Crippen MR) is 53.0 cm³/mol. The summed E-state index contributed by atoms with van der Waals surface area (Å²) >= 11 is 0. The fourth-order valence-corrected chi connectivity index (χ4v) is 3.07. The average Bonchev–Trinajstić information content (AvgIpc) is 2.05. The van der Waals surface area contributed by atoms with E-state index in [2.05, 4.69) is 0 Å². The van der Waals surface area contributed by atoms with Crippen molar-refractivity contribution in [1.82, 2.24) is 0 Å². The molecule has 0 spiro atoms. The summed E-state index contributed by atoms with van der Waals surface area (Å²) in [5.41, 5.74) is -0.835. The molecule has 0 amide bonds. The molecule has 0 aliphatic heterocycles. The lowest BCUT2D eigenvalue weighted by atomic mass is 10.3. The highest BCUT2D eigenvalue weighted by Gasteiger charge is 2.29. The van der Waals surface area contributed by atoms with Crippen molar-refractivity contribution in [2.24, 2.45) is 0 Å². The molecule has 6 nitrogen and oxygen atoms in total. The molecule has 0 aliphatic carbocycles. The molecule has 0 atom stereocenters. The van der Waals surface area contributed by atoms with Crippen LogP contribution in [-0.4, -0.2) is 9.85 Å². The van der Waals surface area contributed by atoms with Crippen LogP contribution >= 0.6 is 20.7 Å². The summed E-state index contributed by atoms with van der Waals surface area (Å²) in [6.45, 7) is 0. The first-order valence-corrected chi connectivity index (χ1v) is 5.56. The van der Waals surface area contributed by atoms with E-state index in [4.69, 9.17) is 0 Å². The molecule has 0 saturated carbocycles. The van der Waals surface area contributed by atoms with E-state index in [0.717, 1.165) is 4.70 Å². The highest BCUT2D eigenvalue weighted by Crippen LogP contribution is 2.43. The van der Waals surface area contributed by atoms with Gasteiger partial charge in [-0.2, -0.15) is 0 Å². The number of rotatable bonds is 2. The Balaban J connectivity index is 2.77. The van der Waals surface area contributed by atoms with E-state index >= 15 is 0 Å². The molecule has 8 heteroatoms. The zero-order chi connectivity index (χ0) is 10.3. The van der Waals surface area contributed by atoms with Gasteiger partial charge in [0.2, 0.25) is 0 Å². The van der Waals surface area contributed by atoms with Crippen LogP contribution in [0.3, 0.4) is 0 Å². The van der Waals surface area contributed by atoms with Crippen LogP contribution in [0.25, 0.3) is 9.40 Å². The van der Waals surface area contributed by atoms with Gasteiger partial charge < -0.3 is 0 Å². The summed E-state index contributed by atoms with van der Waals surface area (Å²) in [6.07, 6.45) is 0. The lowest BCUT2D eigenvalue weighted by Gasteiger charge is -2.00. The van der Waals surface area contributed by atoms with Crippen molar-refractivity contribution >= 4 is 41.5 Å². The summed E-state index contributed by atoms with van der Waals surface area (Å²) < 4.78 is 1.13. The second-order valence-corrected chi connectivity index (χ2v) is 4.62. The minimum Gasteiger partial charge on any atom is -0.258 e. The molecule has 2 aromatic rings. The Labute approximate surface area is 84.1 Å². The summed E-state index contributed by atoms with van der Waals surface area (Å²) in [6, 6.07) is 2.70. The van der Waals surface area contributed by atoms with E-state index in [0.29, 0.717) is 4.70 Å². The summed E-state index contributed by atoms with van der Waals surface area (Å²) in [5, 5.41) is 21.1. The third-order valence-corrected chi connectivity index (χ3v) is 4.27. The Kier molecular flexibility index (Phi) is 1.93. The summed E-state index contributed by atoms with van der Waals surface area (Å²) in [4.78, 5) is 19.7. The van der Waals surface area contributed by atoms with Gasteiger partial charge in [-0.15, -0.1) is 0 Å². The minimum absolute atomic E-state index is 0.392. The fourth-order valence-electron chi connectivity index (χ4n) is 1.06. The Hall–Kier alpha value is -1.54. The third-order valence-electron chi connectivity index (χ3n) is 1.67. The number of hydrogen-bond donors (Lipinski definition) is 0. The van der Waals surface area contributed by atoms with Crippen LogP contribution in [0, 0.1) is 20.2 Å². The average molecular weight is 230 g/mol. The van der Waals surface area contributed by atoms with E-state index in [1.807, 2.05) is 0 Å². The van der Waals surface area contributed by atoms with Crippen molar-refractivity contribution in [2.75, 3.05) is 0 Å². The maximum absolute atomic E-state index is 10.6. The fraction of sp³-hybridized carbons (Fsp3) is 0. The van der Waals surface area contributed by atoms with Crippen molar-refractivity contribution in [1.29, 1.82) is 0 Å². The van der Waals surface area contributed by atoms with Gasteiger partial charge in [0.15, 0.2) is 0 Å². The van der Waals surface area contributed by atoms with Gasteiger partial charge in [0, 0.05) is 6.07 Å². The van der Waals surface area contributed by atoms with Gasteiger partial charge in [0.05, 0.1) is 14.5 Å². The second kappa shape index (κ2) is 3.00. The van der Waals surface area contributed by atoms with Gasteiger partial charge in [-0.25, -0.2) is 0 Å². The number of benzene rings is 1. The quantitative estimate of drug-likeness (QED) is 0.451. The molecule has 0 fully saturated rings. The molecule has 0 saturated heterocycles. The Bertz CT molecular complexity index is 529. The molecule has 72 valence electrons. The monoisotopic (exact) mass is 230 g/mol. The van der Waals surface area contributed by atoms with Gasteiger partial charge in [-0.3, -0.25) is 20.2 Å². The lowest BCUT2D eigenvalue weighted by Crippen LogP contribution is -1.96. The summed E-state index contributed by atoms with van der Waals surface area (Å²) in [7, 11) is 2.56. The Morgan fingerprint density at radius 1 is 1.07 bits per heavy atom. The molecule has 1 aromatic heterocycles. The Morgan fingerprint density at radius 3 is 2.21 bits per heavy atom. The molecule has 1 aromatic carbocycles.